The minimum absolute atomic E-state index is 0.0279. The van der Waals surface area contributed by atoms with E-state index in [4.69, 9.17) is 0 Å². The fourth-order valence-electron chi connectivity index (χ4n) is 2.80. The van der Waals surface area contributed by atoms with Gasteiger partial charge in [-0.05, 0) is 37.3 Å². The molecule has 6 heteroatoms. The highest BCUT2D eigenvalue weighted by molar-refractivity contribution is 7.89. The minimum atomic E-state index is -3.46. The van der Waals surface area contributed by atoms with Gasteiger partial charge in [-0.25, -0.2) is 13.4 Å². The molecule has 0 spiro atoms. The Hall–Kier alpha value is -1.14. The van der Waals surface area contributed by atoms with Gasteiger partial charge in [0.2, 0.25) is 10.0 Å². The normalized spacial score (nSPS) is 28.3. The number of anilines is 1. The summed E-state index contributed by atoms with van der Waals surface area (Å²) in [6.07, 6.45) is 2.50. The van der Waals surface area contributed by atoms with Crippen LogP contribution in [0.2, 0.25) is 0 Å². The summed E-state index contributed by atoms with van der Waals surface area (Å²) in [6, 6.07) is 3.33. The number of nitrogens with one attached hydrogen (secondary N) is 1. The van der Waals surface area contributed by atoms with Crippen molar-refractivity contribution in [1.29, 1.82) is 0 Å². The van der Waals surface area contributed by atoms with Crippen LogP contribution in [-0.4, -0.2) is 37.3 Å². The van der Waals surface area contributed by atoms with E-state index in [1.807, 2.05) is 6.92 Å². The van der Waals surface area contributed by atoms with Crippen LogP contribution in [-0.2, 0) is 10.0 Å². The molecule has 0 amide bonds. The predicted molar refractivity (Wildman–Crippen MR) is 80.1 cm³/mol. The van der Waals surface area contributed by atoms with Crippen LogP contribution < -0.4 is 5.32 Å². The number of hydrogen-bond acceptors (Lipinski definition) is 4. The molecule has 2 rings (SSSR count). The van der Waals surface area contributed by atoms with Gasteiger partial charge in [-0.2, -0.15) is 4.31 Å². The summed E-state index contributed by atoms with van der Waals surface area (Å²) in [5.74, 6) is 1.43. The second-order valence-corrected chi connectivity index (χ2v) is 7.65. The molecule has 3 atom stereocenters. The van der Waals surface area contributed by atoms with E-state index < -0.39 is 10.0 Å². The molecule has 1 fully saturated rings. The van der Waals surface area contributed by atoms with Crippen molar-refractivity contribution < 1.29 is 8.42 Å². The van der Waals surface area contributed by atoms with Crippen molar-refractivity contribution in [3.05, 3.63) is 18.3 Å². The van der Waals surface area contributed by atoms with E-state index in [-0.39, 0.29) is 10.9 Å². The SMILES string of the molecule is CNc1ccc(S(=O)(=O)N2CC(C)CC(C)C2C)cn1. The van der Waals surface area contributed by atoms with Crippen molar-refractivity contribution in [2.45, 2.75) is 38.1 Å². The van der Waals surface area contributed by atoms with Crippen LogP contribution in [0.1, 0.15) is 27.2 Å². The molecule has 1 aliphatic rings. The lowest BCUT2D eigenvalue weighted by Crippen LogP contribution is -2.48. The highest BCUT2D eigenvalue weighted by Crippen LogP contribution is 2.31. The van der Waals surface area contributed by atoms with Crippen LogP contribution in [0.25, 0.3) is 0 Å². The van der Waals surface area contributed by atoms with Gasteiger partial charge in [0.1, 0.15) is 10.7 Å². The lowest BCUT2D eigenvalue weighted by molar-refractivity contribution is 0.157. The molecule has 0 bridgehead atoms. The lowest BCUT2D eigenvalue weighted by atomic mass is 9.88. The summed E-state index contributed by atoms with van der Waals surface area (Å²) in [5, 5.41) is 2.89. The molecule has 0 saturated carbocycles. The molecule has 1 aromatic heterocycles. The number of hydrogen-bond donors (Lipinski definition) is 1. The van der Waals surface area contributed by atoms with E-state index in [9.17, 15) is 8.42 Å². The second-order valence-electron chi connectivity index (χ2n) is 5.76. The number of pyridine rings is 1. The van der Waals surface area contributed by atoms with Crippen molar-refractivity contribution in [1.82, 2.24) is 9.29 Å². The number of sulfonamides is 1. The van der Waals surface area contributed by atoms with Gasteiger partial charge in [0.15, 0.2) is 0 Å². The summed E-state index contributed by atoms with van der Waals surface area (Å²) < 4.78 is 27.1. The van der Waals surface area contributed by atoms with Gasteiger partial charge < -0.3 is 5.32 Å². The molecule has 1 saturated heterocycles. The van der Waals surface area contributed by atoms with Crippen LogP contribution >= 0.6 is 0 Å². The quantitative estimate of drug-likeness (QED) is 0.929. The first-order chi connectivity index (χ1) is 9.36. The van der Waals surface area contributed by atoms with Crippen LogP contribution in [0.4, 0.5) is 5.82 Å². The summed E-state index contributed by atoms with van der Waals surface area (Å²) in [6.45, 7) is 6.80. The monoisotopic (exact) mass is 297 g/mol. The Balaban J connectivity index is 2.32. The van der Waals surface area contributed by atoms with Gasteiger partial charge >= 0.3 is 0 Å². The maximum Gasteiger partial charge on any atom is 0.244 e. The number of nitrogens with zero attached hydrogens (tertiary/aromatic N) is 2. The van der Waals surface area contributed by atoms with Gasteiger partial charge in [0.25, 0.3) is 0 Å². The van der Waals surface area contributed by atoms with Gasteiger partial charge in [-0.3, -0.25) is 0 Å². The maximum atomic E-state index is 12.8. The Morgan fingerprint density at radius 3 is 2.55 bits per heavy atom. The average Bonchev–Trinajstić information content (AvgIpc) is 2.42. The Morgan fingerprint density at radius 2 is 2.00 bits per heavy atom. The largest absolute Gasteiger partial charge is 0.373 e. The molecule has 1 aliphatic heterocycles. The molecule has 1 N–H and O–H groups in total. The molecule has 0 aliphatic carbocycles. The zero-order valence-electron chi connectivity index (χ0n) is 12.5. The Kier molecular flexibility index (Phi) is 4.34. The maximum absolute atomic E-state index is 12.8. The summed E-state index contributed by atoms with van der Waals surface area (Å²) in [5.41, 5.74) is 0. The zero-order chi connectivity index (χ0) is 14.9. The highest BCUT2D eigenvalue weighted by Gasteiger charge is 2.37. The van der Waals surface area contributed by atoms with Crippen LogP contribution in [0.3, 0.4) is 0 Å². The van der Waals surface area contributed by atoms with Crippen LogP contribution in [0, 0.1) is 11.8 Å². The number of aromatic nitrogens is 1. The topological polar surface area (TPSA) is 62.3 Å². The van der Waals surface area contributed by atoms with Gasteiger partial charge in [-0.1, -0.05) is 13.8 Å². The van der Waals surface area contributed by atoms with Crippen LogP contribution in [0.15, 0.2) is 23.2 Å². The van der Waals surface area contributed by atoms with E-state index in [1.165, 1.54) is 6.20 Å². The summed E-state index contributed by atoms with van der Waals surface area (Å²) >= 11 is 0. The lowest BCUT2D eigenvalue weighted by Gasteiger charge is -2.39. The molecular weight excluding hydrogens is 274 g/mol. The van der Waals surface area contributed by atoms with Gasteiger partial charge in [0, 0.05) is 25.8 Å². The summed E-state index contributed by atoms with van der Waals surface area (Å²) in [7, 11) is -1.70. The second kappa shape index (κ2) is 5.69. The minimum Gasteiger partial charge on any atom is -0.373 e. The molecule has 0 radical (unpaired) electrons. The fourth-order valence-corrected chi connectivity index (χ4v) is 4.59. The molecule has 0 aromatic carbocycles. The Morgan fingerprint density at radius 1 is 1.30 bits per heavy atom. The standard InChI is InChI=1S/C14H23N3O2S/c1-10-7-11(2)12(3)17(9-10)20(18,19)13-5-6-14(15-4)16-8-13/h5-6,8,10-12H,7,9H2,1-4H3,(H,15,16). The van der Waals surface area contributed by atoms with Crippen molar-refractivity contribution in [3.63, 3.8) is 0 Å². The first kappa shape index (κ1) is 15.3. The van der Waals surface area contributed by atoms with E-state index in [0.717, 1.165) is 6.42 Å². The van der Waals surface area contributed by atoms with E-state index in [0.29, 0.717) is 24.2 Å². The van der Waals surface area contributed by atoms with Gasteiger partial charge in [0.05, 0.1) is 0 Å². The van der Waals surface area contributed by atoms with Crippen molar-refractivity contribution >= 4 is 15.8 Å². The molecular formula is C14H23N3O2S. The first-order valence-corrected chi connectivity index (χ1v) is 8.46. The fraction of sp³-hybridized carbons (Fsp3) is 0.643. The van der Waals surface area contributed by atoms with E-state index in [2.05, 4.69) is 24.1 Å². The first-order valence-electron chi connectivity index (χ1n) is 7.02. The van der Waals surface area contributed by atoms with E-state index in [1.54, 1.807) is 23.5 Å². The molecule has 3 unspecified atom stereocenters. The highest BCUT2D eigenvalue weighted by atomic mass is 32.2. The predicted octanol–water partition coefficient (Wildman–Crippen LogP) is 2.18. The third kappa shape index (κ3) is 2.81. The zero-order valence-corrected chi connectivity index (χ0v) is 13.3. The van der Waals surface area contributed by atoms with Crippen molar-refractivity contribution in [2.75, 3.05) is 18.9 Å². The molecule has 112 valence electrons. The Labute approximate surface area is 121 Å². The third-order valence-electron chi connectivity index (χ3n) is 4.14. The van der Waals surface area contributed by atoms with Crippen molar-refractivity contribution in [3.8, 4) is 0 Å². The summed E-state index contributed by atoms with van der Waals surface area (Å²) in [4.78, 5) is 4.37. The van der Waals surface area contributed by atoms with Crippen molar-refractivity contribution in [2.24, 2.45) is 11.8 Å². The number of piperidine rings is 1. The molecule has 20 heavy (non-hydrogen) atoms. The molecule has 1 aromatic rings. The van der Waals surface area contributed by atoms with E-state index >= 15 is 0 Å². The average molecular weight is 297 g/mol. The smallest absolute Gasteiger partial charge is 0.244 e. The Bertz CT molecular complexity index is 556. The molecule has 2 heterocycles. The van der Waals surface area contributed by atoms with Crippen LogP contribution in [0.5, 0.6) is 0 Å². The molecule has 5 nitrogen and oxygen atoms in total. The van der Waals surface area contributed by atoms with Gasteiger partial charge in [-0.15, -0.1) is 0 Å². The number of rotatable bonds is 3. The third-order valence-corrected chi connectivity index (χ3v) is 6.08.